The maximum absolute atomic E-state index is 4.41. The molecule has 1 saturated heterocycles. The highest BCUT2D eigenvalue weighted by atomic mass is 127. The number of thiophene rings is 1. The lowest BCUT2D eigenvalue weighted by atomic mass is 10.3. The summed E-state index contributed by atoms with van der Waals surface area (Å²) in [6, 6.07) is 4.30. The summed E-state index contributed by atoms with van der Waals surface area (Å²) in [5, 5.41) is 6.90. The molecular formula is C15H23IN6S. The maximum Gasteiger partial charge on any atom is 0.194 e. The van der Waals surface area contributed by atoms with Crippen LogP contribution in [0.4, 0.5) is 5.00 Å². The fourth-order valence-corrected chi connectivity index (χ4v) is 3.43. The van der Waals surface area contributed by atoms with Crippen molar-refractivity contribution in [2.24, 2.45) is 12.0 Å². The molecule has 2 aromatic heterocycles. The molecule has 0 aliphatic carbocycles. The summed E-state index contributed by atoms with van der Waals surface area (Å²) in [5.41, 5.74) is 0. The molecule has 1 N–H and O–H groups in total. The van der Waals surface area contributed by atoms with Gasteiger partial charge in [0.1, 0.15) is 5.82 Å². The number of aromatic nitrogens is 2. The third-order valence-corrected chi connectivity index (χ3v) is 4.86. The number of piperazine rings is 1. The average Bonchev–Trinajstić information content (AvgIpc) is 3.21. The molecule has 0 aromatic carbocycles. The molecule has 126 valence electrons. The summed E-state index contributed by atoms with van der Waals surface area (Å²) in [7, 11) is 3.85. The van der Waals surface area contributed by atoms with Crippen LogP contribution in [0.15, 0.2) is 34.9 Å². The van der Waals surface area contributed by atoms with Crippen molar-refractivity contribution in [2.45, 2.75) is 6.54 Å². The summed E-state index contributed by atoms with van der Waals surface area (Å²) in [6.07, 6.45) is 3.78. The van der Waals surface area contributed by atoms with Crippen LogP contribution >= 0.6 is 35.3 Å². The molecule has 2 aromatic rings. The van der Waals surface area contributed by atoms with E-state index in [1.165, 1.54) is 5.00 Å². The lowest BCUT2D eigenvalue weighted by Gasteiger charge is -2.36. The van der Waals surface area contributed by atoms with E-state index in [1.807, 2.05) is 31.1 Å². The maximum atomic E-state index is 4.41. The fraction of sp³-hybridized carbons (Fsp3) is 0.467. The van der Waals surface area contributed by atoms with E-state index >= 15 is 0 Å². The molecule has 23 heavy (non-hydrogen) atoms. The van der Waals surface area contributed by atoms with E-state index in [0.717, 1.165) is 38.0 Å². The van der Waals surface area contributed by atoms with Crippen LogP contribution in [0, 0.1) is 0 Å². The van der Waals surface area contributed by atoms with Crippen LogP contribution in [-0.2, 0) is 13.6 Å². The number of aliphatic imine (C=N–C) groups is 1. The zero-order valence-corrected chi connectivity index (χ0v) is 16.6. The molecule has 3 heterocycles. The van der Waals surface area contributed by atoms with Crippen molar-refractivity contribution >= 4 is 46.3 Å². The lowest BCUT2D eigenvalue weighted by Crippen LogP contribution is -2.52. The number of anilines is 1. The first-order valence-corrected chi connectivity index (χ1v) is 8.36. The van der Waals surface area contributed by atoms with Crippen molar-refractivity contribution in [3.63, 3.8) is 0 Å². The van der Waals surface area contributed by atoms with Crippen molar-refractivity contribution in [1.29, 1.82) is 0 Å². The highest BCUT2D eigenvalue weighted by molar-refractivity contribution is 14.0. The van der Waals surface area contributed by atoms with E-state index in [2.05, 4.69) is 42.6 Å². The summed E-state index contributed by atoms with van der Waals surface area (Å²) in [6.45, 7) is 4.73. The standard InChI is InChI=1S/C15H22N6S.HI/c1-16-15(18-12-13-17-5-6-19(13)2)21-9-7-20(8-10-21)14-4-3-11-22-14;/h3-6,11H,7-10,12H2,1-2H3,(H,16,18);1H. The van der Waals surface area contributed by atoms with Gasteiger partial charge in [-0.25, -0.2) is 4.98 Å². The van der Waals surface area contributed by atoms with Gasteiger partial charge in [0.05, 0.1) is 11.5 Å². The molecule has 0 radical (unpaired) electrons. The number of hydrogen-bond donors (Lipinski definition) is 1. The van der Waals surface area contributed by atoms with E-state index in [0.29, 0.717) is 6.54 Å². The van der Waals surface area contributed by atoms with E-state index in [9.17, 15) is 0 Å². The van der Waals surface area contributed by atoms with Crippen LogP contribution in [-0.4, -0.2) is 53.6 Å². The monoisotopic (exact) mass is 446 g/mol. The van der Waals surface area contributed by atoms with Crippen LogP contribution in [0.1, 0.15) is 5.82 Å². The number of guanidine groups is 1. The van der Waals surface area contributed by atoms with Gasteiger partial charge in [-0.2, -0.15) is 0 Å². The van der Waals surface area contributed by atoms with Gasteiger partial charge in [0, 0.05) is 52.7 Å². The van der Waals surface area contributed by atoms with E-state index in [-0.39, 0.29) is 24.0 Å². The fourth-order valence-electron chi connectivity index (χ4n) is 2.65. The van der Waals surface area contributed by atoms with Gasteiger partial charge < -0.3 is 19.7 Å². The highest BCUT2D eigenvalue weighted by Crippen LogP contribution is 2.22. The molecule has 0 saturated carbocycles. The quantitative estimate of drug-likeness (QED) is 0.445. The number of nitrogens with zero attached hydrogens (tertiary/aromatic N) is 5. The second-order valence-corrected chi connectivity index (χ2v) is 6.21. The zero-order valence-electron chi connectivity index (χ0n) is 13.5. The minimum Gasteiger partial charge on any atom is -0.360 e. The third-order valence-electron chi connectivity index (χ3n) is 3.93. The molecule has 3 rings (SSSR count). The smallest absolute Gasteiger partial charge is 0.194 e. The Kier molecular flexibility index (Phi) is 6.70. The zero-order chi connectivity index (χ0) is 15.4. The van der Waals surface area contributed by atoms with Crippen molar-refractivity contribution in [2.75, 3.05) is 38.1 Å². The molecular weight excluding hydrogens is 423 g/mol. The summed E-state index contributed by atoms with van der Waals surface area (Å²) >= 11 is 1.81. The number of nitrogens with one attached hydrogen (secondary N) is 1. The molecule has 0 unspecified atom stereocenters. The van der Waals surface area contributed by atoms with E-state index in [1.54, 1.807) is 11.3 Å². The van der Waals surface area contributed by atoms with Gasteiger partial charge in [-0.1, -0.05) is 0 Å². The van der Waals surface area contributed by atoms with Gasteiger partial charge >= 0.3 is 0 Å². The van der Waals surface area contributed by atoms with E-state index in [4.69, 9.17) is 0 Å². The Morgan fingerprint density at radius 2 is 2.13 bits per heavy atom. The van der Waals surface area contributed by atoms with Crippen molar-refractivity contribution in [3.05, 3.63) is 35.7 Å². The van der Waals surface area contributed by atoms with Gasteiger partial charge in [0.2, 0.25) is 0 Å². The third kappa shape index (κ3) is 4.37. The number of imidazole rings is 1. The second kappa shape index (κ2) is 8.53. The van der Waals surface area contributed by atoms with Crippen LogP contribution in [0.5, 0.6) is 0 Å². The average molecular weight is 446 g/mol. The van der Waals surface area contributed by atoms with Crippen molar-refractivity contribution in [3.8, 4) is 0 Å². The Labute approximate surface area is 158 Å². The molecule has 0 spiro atoms. The molecule has 8 heteroatoms. The highest BCUT2D eigenvalue weighted by Gasteiger charge is 2.20. The molecule has 1 fully saturated rings. The van der Waals surface area contributed by atoms with Crippen molar-refractivity contribution < 1.29 is 0 Å². The second-order valence-electron chi connectivity index (χ2n) is 5.28. The van der Waals surface area contributed by atoms with Gasteiger partial charge in [-0.05, 0) is 17.5 Å². The minimum atomic E-state index is 0. The van der Waals surface area contributed by atoms with E-state index < -0.39 is 0 Å². The Bertz CT molecular complexity index is 616. The normalized spacial score (nSPS) is 15.5. The first kappa shape index (κ1) is 18.1. The predicted molar refractivity (Wildman–Crippen MR) is 107 cm³/mol. The SMILES string of the molecule is CN=C(NCc1nccn1C)N1CCN(c2cccs2)CC1.I. The summed E-state index contributed by atoms with van der Waals surface area (Å²) in [5.74, 6) is 1.97. The first-order chi connectivity index (χ1) is 10.8. The Hall–Kier alpha value is -1.29. The minimum absolute atomic E-state index is 0. The number of aryl methyl sites for hydroxylation is 1. The Morgan fingerprint density at radius 3 is 2.70 bits per heavy atom. The first-order valence-electron chi connectivity index (χ1n) is 7.48. The number of hydrogen-bond acceptors (Lipinski definition) is 4. The largest absolute Gasteiger partial charge is 0.360 e. The molecule has 0 bridgehead atoms. The lowest BCUT2D eigenvalue weighted by molar-refractivity contribution is 0.372. The van der Waals surface area contributed by atoms with Crippen LogP contribution < -0.4 is 10.2 Å². The van der Waals surface area contributed by atoms with Gasteiger partial charge in [-0.3, -0.25) is 4.99 Å². The summed E-state index contributed by atoms with van der Waals surface area (Å²) in [4.78, 5) is 13.5. The van der Waals surface area contributed by atoms with Gasteiger partial charge in [-0.15, -0.1) is 35.3 Å². The van der Waals surface area contributed by atoms with Crippen LogP contribution in [0.3, 0.4) is 0 Å². The molecule has 0 amide bonds. The van der Waals surface area contributed by atoms with Gasteiger partial charge in [0.25, 0.3) is 0 Å². The van der Waals surface area contributed by atoms with Gasteiger partial charge in [0.15, 0.2) is 5.96 Å². The number of rotatable bonds is 3. The summed E-state index contributed by atoms with van der Waals surface area (Å²) < 4.78 is 2.02. The van der Waals surface area contributed by atoms with Crippen LogP contribution in [0.25, 0.3) is 0 Å². The Morgan fingerprint density at radius 1 is 1.35 bits per heavy atom. The number of halogens is 1. The molecule has 0 atom stereocenters. The topological polar surface area (TPSA) is 48.7 Å². The van der Waals surface area contributed by atoms with Crippen molar-refractivity contribution in [1.82, 2.24) is 19.8 Å². The molecule has 6 nitrogen and oxygen atoms in total. The molecule has 1 aliphatic rings. The van der Waals surface area contributed by atoms with Crippen LogP contribution in [0.2, 0.25) is 0 Å². The predicted octanol–water partition coefficient (Wildman–Crippen LogP) is 2.00. The Balaban J connectivity index is 0.00000192. The molecule has 1 aliphatic heterocycles.